The van der Waals surface area contributed by atoms with Crippen molar-refractivity contribution in [1.29, 1.82) is 0 Å². The van der Waals surface area contributed by atoms with Gasteiger partial charge >= 0.3 is 0 Å². The Morgan fingerprint density at radius 1 is 0.929 bits per heavy atom. The second-order valence-electron chi connectivity index (χ2n) is 9.68. The summed E-state index contributed by atoms with van der Waals surface area (Å²) >= 11 is 2.18. The van der Waals surface area contributed by atoms with Gasteiger partial charge in [-0.1, -0.05) is 116 Å². The van der Waals surface area contributed by atoms with Gasteiger partial charge in [0.15, 0.2) is 0 Å². The summed E-state index contributed by atoms with van der Waals surface area (Å²) in [5, 5.41) is 0. The van der Waals surface area contributed by atoms with E-state index in [-0.39, 0.29) is 0 Å². The molecule has 0 nitrogen and oxygen atoms in total. The minimum Gasteiger partial charge on any atom is -0.120 e. The Kier molecular flexibility index (Phi) is 11.1. The van der Waals surface area contributed by atoms with E-state index < -0.39 is 0 Å². The van der Waals surface area contributed by atoms with E-state index in [0.29, 0.717) is 4.75 Å². The van der Waals surface area contributed by atoms with Gasteiger partial charge in [0.05, 0.1) is 0 Å². The van der Waals surface area contributed by atoms with Gasteiger partial charge in [0.1, 0.15) is 0 Å². The zero-order chi connectivity index (χ0) is 20.2. The van der Waals surface area contributed by atoms with Crippen molar-refractivity contribution in [1.82, 2.24) is 0 Å². The fourth-order valence-corrected chi connectivity index (χ4v) is 6.20. The molecule has 2 unspecified atom stereocenters. The van der Waals surface area contributed by atoms with Crippen molar-refractivity contribution < 1.29 is 0 Å². The summed E-state index contributed by atoms with van der Waals surface area (Å²) in [6.07, 6.45) is 20.0. The van der Waals surface area contributed by atoms with Gasteiger partial charge in [0, 0.05) is 9.64 Å². The molecule has 1 heteroatoms. The van der Waals surface area contributed by atoms with Crippen molar-refractivity contribution in [2.24, 2.45) is 11.8 Å². The third-order valence-corrected chi connectivity index (χ3v) is 8.25. The maximum absolute atomic E-state index is 2.58. The van der Waals surface area contributed by atoms with Crippen LogP contribution >= 0.6 is 11.8 Å². The van der Waals surface area contributed by atoms with Crippen LogP contribution in [0.25, 0.3) is 0 Å². The van der Waals surface area contributed by atoms with Gasteiger partial charge in [0.25, 0.3) is 0 Å². The first-order valence-electron chi connectivity index (χ1n) is 12.3. The molecule has 0 aliphatic heterocycles. The van der Waals surface area contributed by atoms with E-state index in [1.54, 1.807) is 0 Å². The summed E-state index contributed by atoms with van der Waals surface area (Å²) in [6.45, 7) is 9.43. The Morgan fingerprint density at radius 2 is 1.57 bits per heavy atom. The van der Waals surface area contributed by atoms with Crippen molar-refractivity contribution >= 4 is 11.8 Å². The highest BCUT2D eigenvalue weighted by Gasteiger charge is 2.34. The standard InChI is InChI=1S/C27H46S/c1-5-7-9-11-14-25(24-15-13-16-24)22-27(4,21-12-10-8-6-2)28-26-19-17-23(3)18-20-26/h17-20,24-25H,5-16,21-22H2,1-4H3. The first-order chi connectivity index (χ1) is 13.6. The molecule has 1 aliphatic rings. The molecular weight excluding hydrogens is 356 g/mol. The zero-order valence-electron chi connectivity index (χ0n) is 19.3. The highest BCUT2D eigenvalue weighted by atomic mass is 32.2. The average Bonchev–Trinajstić information content (AvgIpc) is 2.63. The van der Waals surface area contributed by atoms with Crippen molar-refractivity contribution in [2.45, 2.75) is 127 Å². The van der Waals surface area contributed by atoms with Crippen LogP contribution in [0.5, 0.6) is 0 Å². The Balaban J connectivity index is 2.02. The van der Waals surface area contributed by atoms with Crippen molar-refractivity contribution in [3.05, 3.63) is 29.8 Å². The Bertz CT molecular complexity index is 516. The Labute approximate surface area is 180 Å². The predicted molar refractivity (Wildman–Crippen MR) is 128 cm³/mol. The molecule has 0 radical (unpaired) electrons. The van der Waals surface area contributed by atoms with Gasteiger partial charge in [-0.2, -0.15) is 0 Å². The van der Waals surface area contributed by atoms with E-state index in [9.17, 15) is 0 Å². The fourth-order valence-electron chi connectivity index (χ4n) is 4.81. The van der Waals surface area contributed by atoms with Gasteiger partial charge < -0.3 is 0 Å². The van der Waals surface area contributed by atoms with Gasteiger partial charge in [-0.15, -0.1) is 11.8 Å². The maximum Gasteiger partial charge on any atom is 0.0181 e. The van der Waals surface area contributed by atoms with E-state index in [4.69, 9.17) is 0 Å². The quantitative estimate of drug-likeness (QED) is 0.208. The number of unbranched alkanes of at least 4 members (excludes halogenated alkanes) is 6. The maximum atomic E-state index is 2.58. The third kappa shape index (κ3) is 8.52. The number of hydrogen-bond acceptors (Lipinski definition) is 1. The van der Waals surface area contributed by atoms with Gasteiger partial charge in [-0.25, -0.2) is 0 Å². The second kappa shape index (κ2) is 13.0. The molecule has 1 aliphatic carbocycles. The molecule has 0 aromatic heterocycles. The lowest BCUT2D eigenvalue weighted by Gasteiger charge is -2.40. The van der Waals surface area contributed by atoms with E-state index in [2.05, 4.69) is 63.7 Å². The molecular formula is C27H46S. The molecule has 0 bridgehead atoms. The highest BCUT2D eigenvalue weighted by molar-refractivity contribution is 8.00. The van der Waals surface area contributed by atoms with Crippen molar-refractivity contribution in [3.63, 3.8) is 0 Å². The molecule has 1 saturated carbocycles. The van der Waals surface area contributed by atoms with Crippen molar-refractivity contribution in [3.8, 4) is 0 Å². The lowest BCUT2D eigenvalue weighted by molar-refractivity contribution is 0.168. The third-order valence-electron chi connectivity index (χ3n) is 6.88. The molecule has 0 heterocycles. The highest BCUT2D eigenvalue weighted by Crippen LogP contribution is 2.47. The molecule has 0 N–H and O–H groups in total. The molecule has 1 fully saturated rings. The summed E-state index contributed by atoms with van der Waals surface area (Å²) in [6, 6.07) is 9.27. The lowest BCUT2D eigenvalue weighted by atomic mass is 9.70. The summed E-state index contributed by atoms with van der Waals surface area (Å²) in [7, 11) is 0. The lowest BCUT2D eigenvalue weighted by Crippen LogP contribution is -2.31. The monoisotopic (exact) mass is 402 g/mol. The second-order valence-corrected chi connectivity index (χ2v) is 11.3. The fraction of sp³-hybridized carbons (Fsp3) is 0.778. The molecule has 1 aromatic carbocycles. The molecule has 160 valence electrons. The van der Waals surface area contributed by atoms with Crippen LogP contribution in [0.2, 0.25) is 0 Å². The number of aryl methyl sites for hydroxylation is 1. The molecule has 28 heavy (non-hydrogen) atoms. The molecule has 0 saturated heterocycles. The van der Waals surface area contributed by atoms with Crippen LogP contribution in [0.3, 0.4) is 0 Å². The SMILES string of the molecule is CCCCCCC(CC(C)(CCCCCC)Sc1ccc(C)cc1)C1CCC1. The van der Waals surface area contributed by atoms with Crippen LogP contribution in [-0.4, -0.2) is 4.75 Å². The largest absolute Gasteiger partial charge is 0.120 e. The number of rotatable bonds is 15. The van der Waals surface area contributed by atoms with E-state index in [0.717, 1.165) is 11.8 Å². The summed E-state index contributed by atoms with van der Waals surface area (Å²) in [5.74, 6) is 1.98. The van der Waals surface area contributed by atoms with Crippen LogP contribution in [-0.2, 0) is 0 Å². The topological polar surface area (TPSA) is 0 Å². The summed E-state index contributed by atoms with van der Waals surface area (Å²) in [4.78, 5) is 1.47. The van der Waals surface area contributed by atoms with Gasteiger partial charge in [-0.05, 0) is 43.7 Å². The Hall–Kier alpha value is -0.430. The zero-order valence-corrected chi connectivity index (χ0v) is 20.1. The number of thioether (sulfide) groups is 1. The molecule has 0 amide bonds. The van der Waals surface area contributed by atoms with E-state index >= 15 is 0 Å². The molecule has 0 spiro atoms. The average molecular weight is 403 g/mol. The Morgan fingerprint density at radius 3 is 2.14 bits per heavy atom. The molecule has 1 aromatic rings. The minimum absolute atomic E-state index is 0.397. The summed E-state index contributed by atoms with van der Waals surface area (Å²) < 4.78 is 0.397. The normalized spacial score (nSPS) is 17.9. The number of benzene rings is 1. The van der Waals surface area contributed by atoms with Crippen LogP contribution < -0.4 is 0 Å². The summed E-state index contributed by atoms with van der Waals surface area (Å²) in [5.41, 5.74) is 1.37. The molecule has 2 rings (SSSR count). The van der Waals surface area contributed by atoms with Crippen LogP contribution in [0, 0.1) is 18.8 Å². The van der Waals surface area contributed by atoms with Crippen LogP contribution in [0.15, 0.2) is 29.2 Å². The van der Waals surface area contributed by atoms with E-state index in [1.807, 2.05) is 0 Å². The number of hydrogen-bond donors (Lipinski definition) is 0. The first kappa shape index (κ1) is 23.8. The van der Waals surface area contributed by atoms with Crippen LogP contribution in [0.4, 0.5) is 0 Å². The first-order valence-corrected chi connectivity index (χ1v) is 13.1. The minimum atomic E-state index is 0.397. The predicted octanol–water partition coefficient (Wildman–Crippen LogP) is 9.59. The van der Waals surface area contributed by atoms with E-state index in [1.165, 1.54) is 100 Å². The van der Waals surface area contributed by atoms with Gasteiger partial charge in [-0.3, -0.25) is 0 Å². The smallest absolute Gasteiger partial charge is 0.0181 e. The van der Waals surface area contributed by atoms with Crippen LogP contribution in [0.1, 0.15) is 116 Å². The van der Waals surface area contributed by atoms with Gasteiger partial charge in [0.2, 0.25) is 0 Å². The molecule has 2 atom stereocenters. The van der Waals surface area contributed by atoms with Crippen molar-refractivity contribution in [2.75, 3.05) is 0 Å².